The molecule has 0 saturated carbocycles. The molecule has 20 heavy (non-hydrogen) atoms. The van der Waals surface area contributed by atoms with Crippen LogP contribution in [-0.4, -0.2) is 21.1 Å². The fourth-order valence-corrected chi connectivity index (χ4v) is 3.94. The Hall–Kier alpha value is -1.72. The quantitative estimate of drug-likeness (QED) is 0.747. The van der Waals surface area contributed by atoms with Crippen molar-refractivity contribution in [2.75, 3.05) is 6.54 Å². The standard InChI is InChI=1S/C15H16N4S/c1-9-5-3-4-6-11(9)14-17-15-19(18-14)12-7-8-16-10(2)13(12)20-15/h3-6,10,16H,7-8H2,1-2H3. The summed E-state index contributed by atoms with van der Waals surface area (Å²) in [5.74, 6) is 0.836. The molecule has 0 amide bonds. The van der Waals surface area contributed by atoms with Crippen molar-refractivity contribution >= 4 is 16.3 Å². The predicted molar refractivity (Wildman–Crippen MR) is 81.2 cm³/mol. The first-order chi connectivity index (χ1) is 9.74. The van der Waals surface area contributed by atoms with Crippen molar-refractivity contribution in [2.45, 2.75) is 26.3 Å². The Kier molecular flexibility index (Phi) is 2.65. The molecule has 0 aliphatic carbocycles. The topological polar surface area (TPSA) is 42.2 Å². The largest absolute Gasteiger partial charge is 0.309 e. The van der Waals surface area contributed by atoms with Gasteiger partial charge in [-0.3, -0.25) is 0 Å². The van der Waals surface area contributed by atoms with Crippen LogP contribution in [0.2, 0.25) is 0 Å². The average molecular weight is 284 g/mol. The Labute approximate surface area is 121 Å². The van der Waals surface area contributed by atoms with Crippen molar-refractivity contribution in [3.05, 3.63) is 40.4 Å². The first-order valence-corrected chi connectivity index (χ1v) is 7.73. The van der Waals surface area contributed by atoms with Gasteiger partial charge in [0.05, 0.1) is 5.69 Å². The summed E-state index contributed by atoms with van der Waals surface area (Å²) in [5, 5.41) is 8.23. The van der Waals surface area contributed by atoms with Crippen LogP contribution < -0.4 is 5.32 Å². The number of aryl methyl sites for hydroxylation is 1. The van der Waals surface area contributed by atoms with Gasteiger partial charge in [0.25, 0.3) is 0 Å². The van der Waals surface area contributed by atoms with Gasteiger partial charge in [0.1, 0.15) is 0 Å². The minimum absolute atomic E-state index is 0.411. The van der Waals surface area contributed by atoms with Gasteiger partial charge in [-0.15, -0.1) is 5.10 Å². The van der Waals surface area contributed by atoms with Crippen LogP contribution in [0.3, 0.4) is 0 Å². The molecule has 1 aliphatic heterocycles. The first-order valence-electron chi connectivity index (χ1n) is 6.92. The lowest BCUT2D eigenvalue weighted by Crippen LogP contribution is -2.27. The van der Waals surface area contributed by atoms with Gasteiger partial charge in [-0.2, -0.15) is 4.98 Å². The Morgan fingerprint density at radius 1 is 1.35 bits per heavy atom. The molecule has 5 heteroatoms. The van der Waals surface area contributed by atoms with Crippen LogP contribution in [-0.2, 0) is 6.42 Å². The SMILES string of the molecule is Cc1ccccc1-c1nc2sc3c(n2n1)CCNC3C. The number of rotatable bonds is 1. The second-order valence-electron chi connectivity index (χ2n) is 5.28. The zero-order valence-electron chi connectivity index (χ0n) is 11.6. The van der Waals surface area contributed by atoms with E-state index < -0.39 is 0 Å². The van der Waals surface area contributed by atoms with E-state index >= 15 is 0 Å². The van der Waals surface area contributed by atoms with Crippen molar-refractivity contribution in [1.29, 1.82) is 0 Å². The van der Waals surface area contributed by atoms with Gasteiger partial charge in [0.2, 0.25) is 4.96 Å². The second kappa shape index (κ2) is 4.40. The molecule has 4 nitrogen and oxygen atoms in total. The molecule has 0 radical (unpaired) electrons. The third-order valence-electron chi connectivity index (χ3n) is 3.91. The van der Waals surface area contributed by atoms with Crippen molar-refractivity contribution in [1.82, 2.24) is 19.9 Å². The highest BCUT2D eigenvalue weighted by atomic mass is 32.1. The minimum Gasteiger partial charge on any atom is -0.309 e. The molecule has 1 aromatic carbocycles. The number of nitrogens with one attached hydrogen (secondary N) is 1. The number of hydrogen-bond donors (Lipinski definition) is 1. The molecule has 1 atom stereocenters. The van der Waals surface area contributed by atoms with Gasteiger partial charge in [-0.1, -0.05) is 35.6 Å². The highest BCUT2D eigenvalue weighted by Crippen LogP contribution is 2.32. The van der Waals surface area contributed by atoms with Crippen LogP contribution in [0, 0.1) is 6.92 Å². The fourth-order valence-electron chi connectivity index (χ4n) is 2.81. The Morgan fingerprint density at radius 3 is 3.05 bits per heavy atom. The Bertz CT molecular complexity index is 786. The molecule has 3 aromatic rings. The van der Waals surface area contributed by atoms with Gasteiger partial charge < -0.3 is 5.32 Å². The molecule has 0 fully saturated rings. The number of thiazole rings is 1. The van der Waals surface area contributed by atoms with Crippen molar-refractivity contribution in [3.63, 3.8) is 0 Å². The summed E-state index contributed by atoms with van der Waals surface area (Å²) in [5.41, 5.74) is 3.66. The van der Waals surface area contributed by atoms with E-state index in [1.165, 1.54) is 16.1 Å². The lowest BCUT2D eigenvalue weighted by atomic mass is 10.1. The van der Waals surface area contributed by atoms with Crippen LogP contribution >= 0.6 is 11.3 Å². The van der Waals surface area contributed by atoms with E-state index in [-0.39, 0.29) is 0 Å². The van der Waals surface area contributed by atoms with Gasteiger partial charge in [-0.05, 0) is 19.4 Å². The van der Waals surface area contributed by atoms with E-state index in [0.717, 1.165) is 29.3 Å². The maximum absolute atomic E-state index is 4.74. The average Bonchev–Trinajstić information content (AvgIpc) is 2.98. The van der Waals surface area contributed by atoms with Gasteiger partial charge in [0, 0.05) is 29.4 Å². The van der Waals surface area contributed by atoms with E-state index in [1.807, 2.05) is 16.6 Å². The summed E-state index contributed by atoms with van der Waals surface area (Å²) in [6, 6.07) is 8.69. The summed E-state index contributed by atoms with van der Waals surface area (Å²) >= 11 is 1.76. The Balaban J connectivity index is 1.89. The van der Waals surface area contributed by atoms with Crippen LogP contribution in [0.25, 0.3) is 16.3 Å². The van der Waals surface area contributed by atoms with E-state index in [1.54, 1.807) is 11.3 Å². The smallest absolute Gasteiger partial charge is 0.213 e. The molecule has 2 aromatic heterocycles. The molecule has 1 aliphatic rings. The van der Waals surface area contributed by atoms with Crippen LogP contribution in [0.4, 0.5) is 0 Å². The van der Waals surface area contributed by atoms with Gasteiger partial charge in [-0.25, -0.2) is 4.52 Å². The molecule has 1 N–H and O–H groups in total. The highest BCUT2D eigenvalue weighted by Gasteiger charge is 2.23. The molecule has 3 heterocycles. The van der Waals surface area contributed by atoms with E-state index in [9.17, 15) is 0 Å². The minimum atomic E-state index is 0.411. The first kappa shape index (κ1) is 12.1. The van der Waals surface area contributed by atoms with Gasteiger partial charge >= 0.3 is 0 Å². The molecule has 0 spiro atoms. The van der Waals surface area contributed by atoms with Crippen LogP contribution in [0.1, 0.15) is 29.1 Å². The second-order valence-corrected chi connectivity index (χ2v) is 6.29. The monoisotopic (exact) mass is 284 g/mol. The summed E-state index contributed by atoms with van der Waals surface area (Å²) in [6.45, 7) is 5.32. The third kappa shape index (κ3) is 1.70. The summed E-state index contributed by atoms with van der Waals surface area (Å²) in [7, 11) is 0. The normalized spacial score (nSPS) is 18.4. The molecule has 0 bridgehead atoms. The highest BCUT2D eigenvalue weighted by molar-refractivity contribution is 7.17. The zero-order valence-corrected chi connectivity index (χ0v) is 12.4. The van der Waals surface area contributed by atoms with E-state index in [0.29, 0.717) is 6.04 Å². The van der Waals surface area contributed by atoms with Crippen molar-refractivity contribution < 1.29 is 0 Å². The Morgan fingerprint density at radius 2 is 2.20 bits per heavy atom. The number of hydrogen-bond acceptors (Lipinski definition) is 4. The van der Waals surface area contributed by atoms with E-state index in [2.05, 4.69) is 31.3 Å². The molecular formula is C15H16N4S. The van der Waals surface area contributed by atoms with Gasteiger partial charge in [0.15, 0.2) is 5.82 Å². The summed E-state index contributed by atoms with van der Waals surface area (Å²) in [4.78, 5) is 7.11. The lowest BCUT2D eigenvalue weighted by molar-refractivity contribution is 0.537. The lowest BCUT2D eigenvalue weighted by Gasteiger charge is -2.19. The fraction of sp³-hybridized carbons (Fsp3) is 0.333. The molecule has 4 rings (SSSR count). The third-order valence-corrected chi connectivity index (χ3v) is 5.17. The number of benzene rings is 1. The molecule has 0 saturated heterocycles. The van der Waals surface area contributed by atoms with Crippen LogP contribution in [0.15, 0.2) is 24.3 Å². The zero-order chi connectivity index (χ0) is 13.7. The molecular weight excluding hydrogens is 268 g/mol. The maximum atomic E-state index is 4.74. The molecule has 1 unspecified atom stereocenters. The number of nitrogens with zero attached hydrogens (tertiary/aromatic N) is 3. The number of fused-ring (bicyclic) bond motifs is 3. The van der Waals surface area contributed by atoms with E-state index in [4.69, 9.17) is 10.1 Å². The number of aromatic nitrogens is 3. The summed E-state index contributed by atoms with van der Waals surface area (Å²) < 4.78 is 2.04. The van der Waals surface area contributed by atoms with Crippen LogP contribution in [0.5, 0.6) is 0 Å². The summed E-state index contributed by atoms with van der Waals surface area (Å²) in [6.07, 6.45) is 1.02. The van der Waals surface area contributed by atoms with Crippen molar-refractivity contribution in [2.24, 2.45) is 0 Å². The maximum Gasteiger partial charge on any atom is 0.213 e. The predicted octanol–water partition coefficient (Wildman–Crippen LogP) is 2.97. The molecule has 102 valence electrons. The van der Waals surface area contributed by atoms with Crippen molar-refractivity contribution in [3.8, 4) is 11.4 Å².